The molecule has 3 rings (SSSR count). The normalized spacial score (nSPS) is 10.3. The number of anilines is 2. The van der Waals surface area contributed by atoms with Crippen LogP contribution in [0.15, 0.2) is 65.6 Å². The number of methoxy groups -OCH3 is 2. The van der Waals surface area contributed by atoms with E-state index in [-0.39, 0.29) is 22.8 Å². The molecule has 11 heteroatoms. The smallest absolute Gasteiger partial charge is 0.336 e. The molecule has 0 fully saturated rings. The second-order valence-electron chi connectivity index (χ2n) is 7.25. The number of hydrogen-bond donors (Lipinski definition) is 4. The molecule has 3 aromatic rings. The first-order valence-electron chi connectivity index (χ1n) is 10.4. The van der Waals surface area contributed by atoms with Crippen molar-refractivity contribution < 1.29 is 38.9 Å². The standard InChI is InChI=1S/C25H22N2O8S/c1-34-16-6-10-21(35-2)20(12-16)27-22(28)13-36-17-7-4-15(5-8-17)26-23(29)18-9-3-14(24(30)31)11-19(18)25(32)33/h3-12H,13H2,1-2H3,(H,26,29)(H,27,28)(H,30,31)(H,32,33). The molecule has 0 saturated heterocycles. The summed E-state index contributed by atoms with van der Waals surface area (Å²) in [6, 6.07) is 14.9. The van der Waals surface area contributed by atoms with E-state index >= 15 is 0 Å². The highest BCUT2D eigenvalue weighted by atomic mass is 32.2. The molecule has 4 N–H and O–H groups in total. The molecule has 0 atom stereocenters. The molecule has 0 heterocycles. The van der Waals surface area contributed by atoms with Crippen LogP contribution in [-0.2, 0) is 4.79 Å². The molecule has 0 radical (unpaired) electrons. The SMILES string of the molecule is COc1ccc(OC)c(NC(=O)CSc2ccc(NC(=O)c3ccc(C(=O)O)cc3C(=O)O)cc2)c1. The van der Waals surface area contributed by atoms with Crippen molar-refractivity contribution in [2.24, 2.45) is 0 Å². The Bertz CT molecular complexity index is 1310. The van der Waals surface area contributed by atoms with Crippen LogP contribution >= 0.6 is 11.8 Å². The number of hydrogen-bond acceptors (Lipinski definition) is 7. The van der Waals surface area contributed by atoms with E-state index in [1.54, 1.807) is 42.5 Å². The van der Waals surface area contributed by atoms with Crippen LogP contribution in [-0.4, -0.2) is 53.9 Å². The Morgan fingerprint density at radius 1 is 0.806 bits per heavy atom. The summed E-state index contributed by atoms with van der Waals surface area (Å²) < 4.78 is 10.4. The maximum absolute atomic E-state index is 12.6. The lowest BCUT2D eigenvalue weighted by atomic mass is 10.0. The van der Waals surface area contributed by atoms with Crippen molar-refractivity contribution in [1.29, 1.82) is 0 Å². The van der Waals surface area contributed by atoms with Gasteiger partial charge in [-0.3, -0.25) is 9.59 Å². The summed E-state index contributed by atoms with van der Waals surface area (Å²) in [4.78, 5) is 48.3. The number of nitrogens with one attached hydrogen (secondary N) is 2. The van der Waals surface area contributed by atoms with Gasteiger partial charge in [0.15, 0.2) is 0 Å². The Morgan fingerprint density at radius 3 is 2.14 bits per heavy atom. The van der Waals surface area contributed by atoms with E-state index < -0.39 is 23.4 Å². The Kier molecular flexibility index (Phi) is 8.52. The Morgan fingerprint density at radius 2 is 1.53 bits per heavy atom. The second-order valence-corrected chi connectivity index (χ2v) is 8.30. The summed E-state index contributed by atoms with van der Waals surface area (Å²) in [5.41, 5.74) is 0.0549. The van der Waals surface area contributed by atoms with Gasteiger partial charge in [0.25, 0.3) is 5.91 Å². The molecular formula is C25H22N2O8S. The maximum Gasteiger partial charge on any atom is 0.336 e. The number of carbonyl (C=O) groups excluding carboxylic acids is 2. The molecule has 3 aromatic carbocycles. The van der Waals surface area contributed by atoms with Crippen LogP contribution in [0.2, 0.25) is 0 Å². The zero-order valence-electron chi connectivity index (χ0n) is 19.2. The first kappa shape index (κ1) is 26.1. The molecule has 10 nitrogen and oxygen atoms in total. The first-order chi connectivity index (χ1) is 17.2. The molecule has 0 aliphatic heterocycles. The van der Waals surface area contributed by atoms with Crippen molar-refractivity contribution in [3.63, 3.8) is 0 Å². The van der Waals surface area contributed by atoms with Gasteiger partial charge in [-0.05, 0) is 54.6 Å². The van der Waals surface area contributed by atoms with Crippen molar-refractivity contribution in [2.75, 3.05) is 30.6 Å². The van der Waals surface area contributed by atoms with Gasteiger partial charge >= 0.3 is 11.9 Å². The zero-order chi connectivity index (χ0) is 26.2. The average Bonchev–Trinajstić information content (AvgIpc) is 2.87. The number of rotatable bonds is 10. The topological polar surface area (TPSA) is 151 Å². The van der Waals surface area contributed by atoms with Gasteiger partial charge in [-0.1, -0.05) is 0 Å². The highest BCUT2D eigenvalue weighted by Gasteiger charge is 2.19. The zero-order valence-corrected chi connectivity index (χ0v) is 20.0. The lowest BCUT2D eigenvalue weighted by Gasteiger charge is -2.12. The van der Waals surface area contributed by atoms with Crippen LogP contribution in [0.3, 0.4) is 0 Å². The van der Waals surface area contributed by atoms with Crippen molar-refractivity contribution in [3.05, 3.63) is 77.4 Å². The molecular weight excluding hydrogens is 488 g/mol. The third-order valence-corrected chi connectivity index (χ3v) is 5.92. The minimum Gasteiger partial charge on any atom is -0.497 e. The number of aromatic carboxylic acids is 2. The number of thioether (sulfide) groups is 1. The lowest BCUT2D eigenvalue weighted by molar-refractivity contribution is -0.113. The van der Waals surface area contributed by atoms with Gasteiger partial charge in [0, 0.05) is 16.6 Å². The average molecular weight is 511 g/mol. The maximum atomic E-state index is 12.6. The Hall–Kier alpha value is -4.51. The fourth-order valence-electron chi connectivity index (χ4n) is 3.13. The van der Waals surface area contributed by atoms with Gasteiger partial charge in [-0.2, -0.15) is 0 Å². The Balaban J connectivity index is 1.61. The minimum atomic E-state index is -1.42. The van der Waals surface area contributed by atoms with Gasteiger partial charge in [0.1, 0.15) is 11.5 Å². The molecule has 0 aromatic heterocycles. The highest BCUT2D eigenvalue weighted by molar-refractivity contribution is 8.00. The second kappa shape index (κ2) is 11.8. The predicted octanol–water partition coefficient (Wildman–Crippen LogP) is 4.08. The van der Waals surface area contributed by atoms with E-state index in [0.717, 1.165) is 23.1 Å². The number of benzene rings is 3. The lowest BCUT2D eigenvalue weighted by Crippen LogP contribution is -2.17. The summed E-state index contributed by atoms with van der Waals surface area (Å²) in [6.07, 6.45) is 0. The van der Waals surface area contributed by atoms with Crippen molar-refractivity contribution >= 4 is 46.9 Å². The van der Waals surface area contributed by atoms with Crippen LogP contribution in [0.25, 0.3) is 0 Å². The first-order valence-corrected chi connectivity index (χ1v) is 11.4. The molecule has 2 amide bonds. The van der Waals surface area contributed by atoms with Crippen molar-refractivity contribution in [3.8, 4) is 11.5 Å². The van der Waals surface area contributed by atoms with E-state index in [2.05, 4.69) is 10.6 Å². The van der Waals surface area contributed by atoms with Crippen molar-refractivity contribution in [2.45, 2.75) is 4.90 Å². The number of carboxylic acid groups (broad SMARTS) is 2. The third kappa shape index (κ3) is 6.54. The number of ether oxygens (including phenoxy) is 2. The van der Waals surface area contributed by atoms with Crippen LogP contribution in [0.1, 0.15) is 31.1 Å². The van der Waals surface area contributed by atoms with E-state index in [1.807, 2.05) is 0 Å². The molecule has 0 unspecified atom stereocenters. The van der Waals surface area contributed by atoms with Gasteiger partial charge in [-0.25, -0.2) is 9.59 Å². The summed E-state index contributed by atoms with van der Waals surface area (Å²) in [7, 11) is 3.02. The summed E-state index contributed by atoms with van der Waals surface area (Å²) >= 11 is 1.28. The Labute approximate surface area is 210 Å². The molecule has 186 valence electrons. The number of carboxylic acids is 2. The van der Waals surface area contributed by atoms with Crippen LogP contribution in [0.5, 0.6) is 11.5 Å². The fourth-order valence-corrected chi connectivity index (χ4v) is 3.83. The van der Waals surface area contributed by atoms with E-state index in [4.69, 9.17) is 14.6 Å². The number of carbonyl (C=O) groups is 4. The summed E-state index contributed by atoms with van der Waals surface area (Å²) in [5, 5.41) is 23.8. The number of amides is 2. The van der Waals surface area contributed by atoms with E-state index in [1.165, 1.54) is 26.0 Å². The van der Waals surface area contributed by atoms with Crippen LogP contribution in [0, 0.1) is 0 Å². The van der Waals surface area contributed by atoms with E-state index in [9.17, 15) is 24.3 Å². The van der Waals surface area contributed by atoms with Crippen molar-refractivity contribution in [1.82, 2.24) is 0 Å². The highest BCUT2D eigenvalue weighted by Crippen LogP contribution is 2.29. The molecule has 0 saturated carbocycles. The molecule has 0 aliphatic carbocycles. The molecule has 0 spiro atoms. The van der Waals surface area contributed by atoms with E-state index in [0.29, 0.717) is 22.9 Å². The fraction of sp³-hybridized carbons (Fsp3) is 0.120. The molecule has 0 bridgehead atoms. The largest absolute Gasteiger partial charge is 0.497 e. The van der Waals surface area contributed by atoms with Gasteiger partial charge in [-0.15, -0.1) is 11.8 Å². The monoisotopic (exact) mass is 510 g/mol. The quantitative estimate of drug-likeness (QED) is 0.296. The van der Waals surface area contributed by atoms with Crippen LogP contribution < -0.4 is 20.1 Å². The van der Waals surface area contributed by atoms with Gasteiger partial charge < -0.3 is 30.3 Å². The predicted molar refractivity (Wildman–Crippen MR) is 134 cm³/mol. The van der Waals surface area contributed by atoms with Gasteiger partial charge in [0.05, 0.1) is 42.4 Å². The third-order valence-electron chi connectivity index (χ3n) is 4.90. The van der Waals surface area contributed by atoms with Gasteiger partial charge in [0.2, 0.25) is 5.91 Å². The van der Waals surface area contributed by atoms with Crippen LogP contribution in [0.4, 0.5) is 11.4 Å². The minimum absolute atomic E-state index is 0.115. The molecule has 0 aliphatic rings. The molecule has 36 heavy (non-hydrogen) atoms. The summed E-state index contributed by atoms with van der Waals surface area (Å²) in [6.45, 7) is 0. The summed E-state index contributed by atoms with van der Waals surface area (Å²) in [5.74, 6) is -2.48.